The Morgan fingerprint density at radius 2 is 1.56 bits per heavy atom. The molecule has 0 aliphatic heterocycles. The van der Waals surface area contributed by atoms with Gasteiger partial charge in [0.2, 0.25) is 5.28 Å². The van der Waals surface area contributed by atoms with Crippen LogP contribution >= 0.6 is 34.5 Å². The van der Waals surface area contributed by atoms with Crippen LogP contribution in [0.3, 0.4) is 0 Å². The van der Waals surface area contributed by atoms with Gasteiger partial charge in [0, 0.05) is 28.6 Å². The highest BCUT2D eigenvalue weighted by atomic mass is 35.5. The standard InChI is InChI=1S/C21H25Cl2N3S/c1-12(2)10-26(11-13(3)4)19-18-17(15-6-8-16(22)9-7-15)14(5)27-20(18)25-21(23)24-19/h6-9,12-13H,10-11H2,1-5H3. The summed E-state index contributed by atoms with van der Waals surface area (Å²) >= 11 is 14.1. The predicted molar refractivity (Wildman–Crippen MR) is 119 cm³/mol. The van der Waals surface area contributed by atoms with Crippen molar-refractivity contribution in [1.29, 1.82) is 0 Å². The van der Waals surface area contributed by atoms with Crippen LogP contribution in [-0.4, -0.2) is 23.1 Å². The Morgan fingerprint density at radius 1 is 0.963 bits per heavy atom. The number of hydrogen-bond donors (Lipinski definition) is 0. The number of anilines is 1. The molecule has 2 aromatic heterocycles. The number of thiophene rings is 1. The van der Waals surface area contributed by atoms with Gasteiger partial charge < -0.3 is 4.90 Å². The maximum absolute atomic E-state index is 6.31. The Morgan fingerprint density at radius 3 is 2.11 bits per heavy atom. The van der Waals surface area contributed by atoms with Crippen molar-refractivity contribution in [3.8, 4) is 11.1 Å². The van der Waals surface area contributed by atoms with Crippen LogP contribution in [0.15, 0.2) is 24.3 Å². The van der Waals surface area contributed by atoms with Crippen molar-refractivity contribution in [2.75, 3.05) is 18.0 Å². The first-order valence-corrected chi connectivity index (χ1v) is 10.8. The SMILES string of the molecule is Cc1sc2nc(Cl)nc(N(CC(C)C)CC(C)C)c2c1-c1ccc(Cl)cc1. The summed E-state index contributed by atoms with van der Waals surface area (Å²) in [6.45, 7) is 12.9. The van der Waals surface area contributed by atoms with E-state index in [1.807, 2.05) is 12.1 Å². The molecular weight excluding hydrogens is 397 g/mol. The van der Waals surface area contributed by atoms with Gasteiger partial charge in [-0.05, 0) is 48.1 Å². The van der Waals surface area contributed by atoms with Gasteiger partial charge in [-0.3, -0.25) is 0 Å². The van der Waals surface area contributed by atoms with E-state index in [4.69, 9.17) is 23.2 Å². The van der Waals surface area contributed by atoms with Gasteiger partial charge >= 0.3 is 0 Å². The summed E-state index contributed by atoms with van der Waals surface area (Å²) in [6.07, 6.45) is 0. The average molecular weight is 422 g/mol. The lowest BCUT2D eigenvalue weighted by Crippen LogP contribution is -2.32. The topological polar surface area (TPSA) is 29.0 Å². The number of benzene rings is 1. The second kappa shape index (κ2) is 8.34. The van der Waals surface area contributed by atoms with Gasteiger partial charge in [-0.25, -0.2) is 4.98 Å². The Bertz CT molecular complexity index is 923. The summed E-state index contributed by atoms with van der Waals surface area (Å²) in [5.41, 5.74) is 2.31. The predicted octanol–water partition coefficient (Wildman–Crippen LogP) is 7.09. The Hall–Kier alpha value is -1.36. The van der Waals surface area contributed by atoms with E-state index in [9.17, 15) is 0 Å². The van der Waals surface area contributed by atoms with Gasteiger partial charge in [0.15, 0.2) is 0 Å². The first kappa shape index (κ1) is 20.4. The third-order valence-corrected chi connectivity index (χ3v) is 5.70. The van der Waals surface area contributed by atoms with E-state index in [1.165, 1.54) is 10.4 Å². The van der Waals surface area contributed by atoms with Crippen LogP contribution in [0.2, 0.25) is 10.3 Å². The lowest BCUT2D eigenvalue weighted by molar-refractivity contribution is 0.550. The molecule has 3 rings (SSSR count). The minimum atomic E-state index is 0.305. The fraction of sp³-hybridized carbons (Fsp3) is 0.429. The molecule has 0 N–H and O–H groups in total. The lowest BCUT2D eigenvalue weighted by atomic mass is 10.0. The molecule has 1 aromatic carbocycles. The molecule has 0 fully saturated rings. The van der Waals surface area contributed by atoms with E-state index in [0.29, 0.717) is 17.1 Å². The largest absolute Gasteiger partial charge is 0.355 e. The van der Waals surface area contributed by atoms with Crippen LogP contribution in [0.4, 0.5) is 5.82 Å². The molecule has 0 radical (unpaired) electrons. The summed E-state index contributed by atoms with van der Waals surface area (Å²) in [7, 11) is 0. The second-order valence-corrected chi connectivity index (χ2v) is 9.71. The molecule has 144 valence electrons. The number of hydrogen-bond acceptors (Lipinski definition) is 4. The summed E-state index contributed by atoms with van der Waals surface area (Å²) in [5, 5.41) is 2.13. The van der Waals surface area contributed by atoms with Crippen LogP contribution in [0.1, 0.15) is 32.6 Å². The van der Waals surface area contributed by atoms with Gasteiger partial charge in [-0.2, -0.15) is 4.98 Å². The third-order valence-electron chi connectivity index (χ3n) is 4.28. The number of fused-ring (bicyclic) bond motifs is 1. The zero-order valence-corrected chi connectivity index (χ0v) is 18.7. The number of aromatic nitrogens is 2. The first-order chi connectivity index (χ1) is 12.8. The van der Waals surface area contributed by atoms with Crippen LogP contribution < -0.4 is 4.90 Å². The Kier molecular flexibility index (Phi) is 6.29. The highest BCUT2D eigenvalue weighted by molar-refractivity contribution is 7.19. The van der Waals surface area contributed by atoms with Gasteiger partial charge in [-0.15, -0.1) is 11.3 Å². The van der Waals surface area contributed by atoms with Gasteiger partial charge in [0.05, 0.1) is 5.39 Å². The monoisotopic (exact) mass is 421 g/mol. The summed E-state index contributed by atoms with van der Waals surface area (Å²) < 4.78 is 0. The van der Waals surface area contributed by atoms with Crippen molar-refractivity contribution in [2.24, 2.45) is 11.8 Å². The highest BCUT2D eigenvalue weighted by Gasteiger charge is 2.22. The van der Waals surface area contributed by atoms with Crippen molar-refractivity contribution in [2.45, 2.75) is 34.6 Å². The lowest BCUT2D eigenvalue weighted by Gasteiger charge is -2.28. The summed E-state index contributed by atoms with van der Waals surface area (Å²) in [5.74, 6) is 1.97. The van der Waals surface area contributed by atoms with Crippen LogP contribution in [0.25, 0.3) is 21.3 Å². The first-order valence-electron chi connectivity index (χ1n) is 9.23. The quantitative estimate of drug-likeness (QED) is 0.397. The van der Waals surface area contributed by atoms with Crippen LogP contribution in [0, 0.1) is 18.8 Å². The minimum Gasteiger partial charge on any atom is -0.355 e. The van der Waals surface area contributed by atoms with Crippen LogP contribution in [-0.2, 0) is 0 Å². The summed E-state index contributed by atoms with van der Waals surface area (Å²) in [6, 6.07) is 7.97. The van der Waals surface area contributed by atoms with Gasteiger partial charge in [-0.1, -0.05) is 51.4 Å². The molecule has 0 spiro atoms. The normalized spacial score (nSPS) is 11.7. The van der Waals surface area contributed by atoms with E-state index in [0.717, 1.165) is 39.7 Å². The molecule has 0 aliphatic carbocycles. The minimum absolute atomic E-state index is 0.305. The summed E-state index contributed by atoms with van der Waals surface area (Å²) in [4.78, 5) is 13.7. The Balaban J connectivity index is 2.26. The molecule has 27 heavy (non-hydrogen) atoms. The molecule has 0 atom stereocenters. The van der Waals surface area contributed by atoms with E-state index in [1.54, 1.807) is 11.3 Å². The zero-order chi connectivity index (χ0) is 19.7. The van der Waals surface area contributed by atoms with Gasteiger partial charge in [0.25, 0.3) is 0 Å². The zero-order valence-electron chi connectivity index (χ0n) is 16.4. The maximum Gasteiger partial charge on any atom is 0.225 e. The maximum atomic E-state index is 6.31. The van der Waals surface area contributed by atoms with E-state index < -0.39 is 0 Å². The van der Waals surface area contributed by atoms with Gasteiger partial charge in [0.1, 0.15) is 10.6 Å². The highest BCUT2D eigenvalue weighted by Crippen LogP contribution is 2.42. The number of rotatable bonds is 6. The van der Waals surface area contributed by atoms with Crippen molar-refractivity contribution < 1.29 is 0 Å². The molecule has 3 nitrogen and oxygen atoms in total. The molecule has 2 heterocycles. The molecule has 0 amide bonds. The Labute approximate surface area is 175 Å². The molecular formula is C21H25Cl2N3S. The van der Waals surface area contributed by atoms with Crippen molar-refractivity contribution in [3.05, 3.63) is 39.4 Å². The fourth-order valence-electron chi connectivity index (χ4n) is 3.39. The van der Waals surface area contributed by atoms with Crippen molar-refractivity contribution in [3.63, 3.8) is 0 Å². The fourth-order valence-corrected chi connectivity index (χ4v) is 4.77. The van der Waals surface area contributed by atoms with Crippen molar-refractivity contribution >= 4 is 50.6 Å². The molecule has 0 unspecified atom stereocenters. The second-order valence-electron chi connectivity index (χ2n) is 7.73. The third kappa shape index (κ3) is 4.56. The van der Waals surface area contributed by atoms with E-state index in [-0.39, 0.29) is 0 Å². The average Bonchev–Trinajstić information content (AvgIpc) is 2.89. The molecule has 6 heteroatoms. The molecule has 3 aromatic rings. The number of halogens is 2. The molecule has 0 bridgehead atoms. The van der Waals surface area contributed by atoms with E-state index in [2.05, 4.69) is 61.6 Å². The number of nitrogens with zero attached hydrogens (tertiary/aromatic N) is 3. The van der Waals surface area contributed by atoms with Crippen LogP contribution in [0.5, 0.6) is 0 Å². The smallest absolute Gasteiger partial charge is 0.225 e. The molecule has 0 aliphatic rings. The molecule has 0 saturated carbocycles. The van der Waals surface area contributed by atoms with Crippen molar-refractivity contribution in [1.82, 2.24) is 9.97 Å². The molecule has 0 saturated heterocycles. The number of aryl methyl sites for hydroxylation is 1. The van der Waals surface area contributed by atoms with E-state index >= 15 is 0 Å².